The SMILES string of the molecule is O=C1CCc2ccc(NCC(O)c3ccc(OC(F)F)cc3)cc2CN1. The van der Waals surface area contributed by atoms with Gasteiger partial charge in [-0.25, -0.2) is 0 Å². The van der Waals surface area contributed by atoms with Crippen LogP contribution in [0.5, 0.6) is 5.75 Å². The number of alkyl halides is 2. The van der Waals surface area contributed by atoms with E-state index < -0.39 is 12.7 Å². The summed E-state index contributed by atoms with van der Waals surface area (Å²) in [5.41, 5.74) is 3.64. The lowest BCUT2D eigenvalue weighted by Gasteiger charge is -2.15. The van der Waals surface area contributed by atoms with Gasteiger partial charge in [0.05, 0.1) is 6.10 Å². The first kappa shape index (κ1) is 18.1. The van der Waals surface area contributed by atoms with Crippen molar-refractivity contribution in [1.82, 2.24) is 5.32 Å². The Kier molecular flexibility index (Phi) is 5.68. The van der Waals surface area contributed by atoms with E-state index in [1.807, 2.05) is 18.2 Å². The molecule has 0 fully saturated rings. The molecule has 0 bridgehead atoms. The standard InChI is InChI=1S/C19H20F2N2O3/c20-19(21)26-16-6-2-13(3-7-16)17(24)11-22-15-5-1-12-4-8-18(25)23-10-14(12)9-15/h1-3,5-7,9,17,19,22,24H,4,8,10-11H2,(H,23,25). The van der Waals surface area contributed by atoms with Crippen molar-refractivity contribution in [1.29, 1.82) is 0 Å². The fraction of sp³-hybridized carbons (Fsp3) is 0.316. The lowest BCUT2D eigenvalue weighted by molar-refractivity contribution is -0.121. The molecule has 2 aromatic rings. The van der Waals surface area contributed by atoms with E-state index in [-0.39, 0.29) is 18.2 Å². The minimum Gasteiger partial charge on any atom is -0.435 e. The van der Waals surface area contributed by atoms with Gasteiger partial charge in [0.1, 0.15) is 5.75 Å². The van der Waals surface area contributed by atoms with E-state index in [9.17, 15) is 18.7 Å². The molecule has 1 heterocycles. The van der Waals surface area contributed by atoms with E-state index >= 15 is 0 Å². The van der Waals surface area contributed by atoms with E-state index in [0.717, 1.165) is 23.2 Å². The second kappa shape index (κ2) is 8.14. The molecule has 0 aliphatic carbocycles. The summed E-state index contributed by atoms with van der Waals surface area (Å²) in [6.07, 6.45) is 0.412. The van der Waals surface area contributed by atoms with Crippen LogP contribution in [0.25, 0.3) is 0 Å². The van der Waals surface area contributed by atoms with Crippen molar-refractivity contribution in [2.45, 2.75) is 32.1 Å². The minimum atomic E-state index is -2.87. The molecular weight excluding hydrogens is 342 g/mol. The first-order valence-corrected chi connectivity index (χ1v) is 8.36. The average molecular weight is 362 g/mol. The molecule has 138 valence electrons. The molecule has 7 heteroatoms. The molecule has 1 aliphatic rings. The van der Waals surface area contributed by atoms with Gasteiger partial charge in [0.15, 0.2) is 0 Å². The van der Waals surface area contributed by atoms with E-state index in [0.29, 0.717) is 18.5 Å². The number of hydrogen-bond acceptors (Lipinski definition) is 4. The Bertz CT molecular complexity index is 766. The number of anilines is 1. The second-order valence-corrected chi connectivity index (χ2v) is 6.10. The first-order chi connectivity index (χ1) is 12.5. The van der Waals surface area contributed by atoms with Gasteiger partial charge in [0, 0.05) is 25.2 Å². The van der Waals surface area contributed by atoms with Crippen LogP contribution in [-0.2, 0) is 17.8 Å². The number of rotatable bonds is 6. The van der Waals surface area contributed by atoms with Gasteiger partial charge in [-0.2, -0.15) is 8.78 Å². The summed E-state index contributed by atoms with van der Waals surface area (Å²) < 4.78 is 28.6. The Balaban J connectivity index is 1.59. The number of benzene rings is 2. The third-order valence-corrected chi connectivity index (χ3v) is 4.29. The molecular formula is C19H20F2N2O3. The number of carbonyl (C=O) groups is 1. The van der Waals surface area contributed by atoms with E-state index in [1.165, 1.54) is 12.1 Å². The summed E-state index contributed by atoms with van der Waals surface area (Å²) in [5.74, 6) is 0.0992. The van der Waals surface area contributed by atoms with Crippen molar-refractivity contribution in [3.63, 3.8) is 0 Å². The molecule has 0 saturated carbocycles. The molecule has 1 amide bonds. The molecule has 2 aromatic carbocycles. The predicted octanol–water partition coefficient (Wildman–Crippen LogP) is 3.00. The molecule has 1 aliphatic heterocycles. The Morgan fingerprint density at radius 3 is 2.62 bits per heavy atom. The number of ether oxygens (including phenoxy) is 1. The quantitative estimate of drug-likeness (QED) is 0.739. The van der Waals surface area contributed by atoms with Crippen molar-refractivity contribution in [3.8, 4) is 5.75 Å². The maximum Gasteiger partial charge on any atom is 0.387 e. The maximum absolute atomic E-state index is 12.2. The number of aryl methyl sites for hydroxylation is 1. The summed E-state index contributed by atoms with van der Waals surface area (Å²) in [4.78, 5) is 11.5. The summed E-state index contributed by atoms with van der Waals surface area (Å²) in [6, 6.07) is 11.8. The average Bonchev–Trinajstić information content (AvgIpc) is 2.81. The number of hydrogen-bond donors (Lipinski definition) is 3. The predicted molar refractivity (Wildman–Crippen MR) is 93.1 cm³/mol. The Labute approximate surface area is 150 Å². The fourth-order valence-electron chi connectivity index (χ4n) is 2.88. The molecule has 0 aromatic heterocycles. The number of amides is 1. The van der Waals surface area contributed by atoms with Crippen molar-refractivity contribution in [2.75, 3.05) is 11.9 Å². The molecule has 1 atom stereocenters. The van der Waals surface area contributed by atoms with Crippen LogP contribution < -0.4 is 15.4 Å². The molecule has 3 N–H and O–H groups in total. The summed E-state index contributed by atoms with van der Waals surface area (Å²) in [5, 5.41) is 16.3. The highest BCUT2D eigenvalue weighted by Gasteiger charge is 2.13. The highest BCUT2D eigenvalue weighted by Crippen LogP contribution is 2.22. The molecule has 1 unspecified atom stereocenters. The van der Waals surface area contributed by atoms with Crippen molar-refractivity contribution in [3.05, 3.63) is 59.2 Å². The molecule has 0 spiro atoms. The zero-order valence-electron chi connectivity index (χ0n) is 14.0. The van der Waals surface area contributed by atoms with Crippen molar-refractivity contribution >= 4 is 11.6 Å². The monoisotopic (exact) mass is 362 g/mol. The number of nitrogens with one attached hydrogen (secondary N) is 2. The van der Waals surface area contributed by atoms with Gasteiger partial charge >= 0.3 is 6.61 Å². The number of fused-ring (bicyclic) bond motifs is 1. The summed E-state index contributed by atoms with van der Waals surface area (Å²) in [7, 11) is 0. The third-order valence-electron chi connectivity index (χ3n) is 4.29. The highest BCUT2D eigenvalue weighted by molar-refractivity contribution is 5.77. The molecule has 26 heavy (non-hydrogen) atoms. The summed E-state index contributed by atoms with van der Waals surface area (Å²) in [6.45, 7) is -2.11. The van der Waals surface area contributed by atoms with Crippen LogP contribution in [0.4, 0.5) is 14.5 Å². The number of aliphatic hydroxyl groups excluding tert-OH is 1. The van der Waals surface area contributed by atoms with Gasteiger partial charge in [-0.05, 0) is 47.4 Å². The normalized spacial score (nSPS) is 15.0. The van der Waals surface area contributed by atoms with Gasteiger partial charge in [0.25, 0.3) is 0 Å². The lowest BCUT2D eigenvalue weighted by Crippen LogP contribution is -2.20. The first-order valence-electron chi connectivity index (χ1n) is 8.36. The van der Waals surface area contributed by atoms with Crippen molar-refractivity contribution < 1.29 is 23.4 Å². The zero-order valence-corrected chi connectivity index (χ0v) is 14.0. The van der Waals surface area contributed by atoms with Crippen LogP contribution >= 0.6 is 0 Å². The smallest absolute Gasteiger partial charge is 0.387 e. The van der Waals surface area contributed by atoms with E-state index in [2.05, 4.69) is 15.4 Å². The molecule has 3 rings (SSSR count). The lowest BCUT2D eigenvalue weighted by atomic mass is 10.0. The van der Waals surface area contributed by atoms with Crippen LogP contribution in [0.2, 0.25) is 0 Å². The van der Waals surface area contributed by atoms with Crippen LogP contribution in [-0.4, -0.2) is 24.2 Å². The largest absolute Gasteiger partial charge is 0.435 e. The number of halogens is 2. The van der Waals surface area contributed by atoms with Crippen LogP contribution in [0.3, 0.4) is 0 Å². The topological polar surface area (TPSA) is 70.6 Å². The van der Waals surface area contributed by atoms with Gasteiger partial charge in [-0.15, -0.1) is 0 Å². The van der Waals surface area contributed by atoms with Gasteiger partial charge in [0.2, 0.25) is 5.91 Å². The Morgan fingerprint density at radius 2 is 1.88 bits per heavy atom. The van der Waals surface area contributed by atoms with E-state index in [1.54, 1.807) is 12.1 Å². The van der Waals surface area contributed by atoms with Gasteiger partial charge in [-0.1, -0.05) is 18.2 Å². The number of carbonyl (C=O) groups excluding carboxylic acids is 1. The highest BCUT2D eigenvalue weighted by atomic mass is 19.3. The Hall–Kier alpha value is -2.67. The fourth-order valence-corrected chi connectivity index (χ4v) is 2.88. The second-order valence-electron chi connectivity index (χ2n) is 6.10. The maximum atomic E-state index is 12.2. The van der Waals surface area contributed by atoms with Crippen molar-refractivity contribution in [2.24, 2.45) is 0 Å². The number of aliphatic hydroxyl groups is 1. The van der Waals surface area contributed by atoms with Crippen LogP contribution in [0, 0.1) is 0 Å². The van der Waals surface area contributed by atoms with E-state index in [4.69, 9.17) is 0 Å². The third kappa shape index (κ3) is 4.70. The summed E-state index contributed by atoms with van der Waals surface area (Å²) >= 11 is 0. The molecule has 0 radical (unpaired) electrons. The Morgan fingerprint density at radius 1 is 1.12 bits per heavy atom. The van der Waals surface area contributed by atoms with Crippen LogP contribution in [0.15, 0.2) is 42.5 Å². The molecule has 0 saturated heterocycles. The van der Waals surface area contributed by atoms with Gasteiger partial charge < -0.3 is 20.5 Å². The minimum absolute atomic E-state index is 0.0467. The zero-order chi connectivity index (χ0) is 18.5. The van der Waals surface area contributed by atoms with Gasteiger partial charge in [-0.3, -0.25) is 4.79 Å². The molecule has 5 nitrogen and oxygen atoms in total. The van der Waals surface area contributed by atoms with Crippen LogP contribution in [0.1, 0.15) is 29.2 Å².